The van der Waals surface area contributed by atoms with Gasteiger partial charge in [-0.1, -0.05) is 6.92 Å². The Labute approximate surface area is 126 Å². The number of anilines is 1. The molecule has 1 heterocycles. The van der Waals surface area contributed by atoms with Crippen molar-refractivity contribution in [3.63, 3.8) is 0 Å². The second-order valence-electron chi connectivity index (χ2n) is 4.91. The molecular formula is C13H16N4O5. The molecule has 118 valence electrons. The second kappa shape index (κ2) is 6.37. The zero-order chi connectivity index (χ0) is 16.3. The Morgan fingerprint density at radius 1 is 1.14 bits per heavy atom. The zero-order valence-electron chi connectivity index (χ0n) is 12.1. The highest BCUT2D eigenvalue weighted by molar-refractivity contribution is 5.76. The quantitative estimate of drug-likeness (QED) is 0.616. The van der Waals surface area contributed by atoms with Crippen LogP contribution in [0.4, 0.5) is 17.1 Å². The molecule has 1 amide bonds. The number of hydrogen-bond donors (Lipinski definition) is 0. The van der Waals surface area contributed by atoms with Crippen LogP contribution in [0, 0.1) is 20.2 Å². The highest BCUT2D eigenvalue weighted by atomic mass is 16.6. The van der Waals surface area contributed by atoms with Gasteiger partial charge in [-0.3, -0.25) is 25.0 Å². The van der Waals surface area contributed by atoms with E-state index in [1.54, 1.807) is 16.7 Å². The van der Waals surface area contributed by atoms with E-state index < -0.39 is 9.85 Å². The highest BCUT2D eigenvalue weighted by Gasteiger charge is 2.27. The third-order valence-corrected chi connectivity index (χ3v) is 3.64. The van der Waals surface area contributed by atoms with Crippen LogP contribution in [-0.4, -0.2) is 46.8 Å². The summed E-state index contributed by atoms with van der Waals surface area (Å²) in [6.45, 7) is 3.69. The van der Waals surface area contributed by atoms with Crippen molar-refractivity contribution in [3.8, 4) is 0 Å². The molecular weight excluding hydrogens is 292 g/mol. The summed E-state index contributed by atoms with van der Waals surface area (Å²) in [5, 5.41) is 21.9. The summed E-state index contributed by atoms with van der Waals surface area (Å²) < 4.78 is 0. The van der Waals surface area contributed by atoms with Crippen molar-refractivity contribution in [2.24, 2.45) is 0 Å². The average molecular weight is 308 g/mol. The minimum Gasteiger partial charge on any atom is -0.362 e. The van der Waals surface area contributed by atoms with Gasteiger partial charge in [0, 0.05) is 38.7 Å². The van der Waals surface area contributed by atoms with Crippen LogP contribution in [0.2, 0.25) is 0 Å². The normalized spacial score (nSPS) is 14.8. The van der Waals surface area contributed by atoms with Gasteiger partial charge in [-0.2, -0.15) is 0 Å². The van der Waals surface area contributed by atoms with E-state index in [1.165, 1.54) is 12.1 Å². The molecule has 0 spiro atoms. The van der Waals surface area contributed by atoms with Gasteiger partial charge in [0.2, 0.25) is 5.91 Å². The Morgan fingerprint density at radius 2 is 1.77 bits per heavy atom. The minimum atomic E-state index is -0.658. The molecule has 0 atom stereocenters. The monoisotopic (exact) mass is 308 g/mol. The van der Waals surface area contributed by atoms with Crippen LogP contribution in [0.25, 0.3) is 0 Å². The van der Waals surface area contributed by atoms with E-state index in [2.05, 4.69) is 0 Å². The van der Waals surface area contributed by atoms with Crippen LogP contribution < -0.4 is 4.90 Å². The summed E-state index contributed by atoms with van der Waals surface area (Å²) in [5.74, 6) is 0.0536. The van der Waals surface area contributed by atoms with Gasteiger partial charge in [-0.25, -0.2) is 0 Å². The predicted molar refractivity (Wildman–Crippen MR) is 78.8 cm³/mol. The van der Waals surface area contributed by atoms with Gasteiger partial charge in [0.05, 0.1) is 15.9 Å². The Kier molecular flexibility index (Phi) is 4.54. The fourth-order valence-electron chi connectivity index (χ4n) is 2.46. The fourth-order valence-corrected chi connectivity index (χ4v) is 2.46. The number of amides is 1. The molecule has 1 aromatic carbocycles. The average Bonchev–Trinajstić information content (AvgIpc) is 2.53. The van der Waals surface area contributed by atoms with Crippen LogP contribution in [0.3, 0.4) is 0 Å². The number of rotatable bonds is 4. The molecule has 9 nitrogen and oxygen atoms in total. The third-order valence-electron chi connectivity index (χ3n) is 3.64. The van der Waals surface area contributed by atoms with Gasteiger partial charge >= 0.3 is 0 Å². The molecule has 0 bridgehead atoms. The van der Waals surface area contributed by atoms with E-state index in [9.17, 15) is 25.0 Å². The molecule has 2 rings (SSSR count). The third kappa shape index (κ3) is 3.13. The summed E-state index contributed by atoms with van der Waals surface area (Å²) in [4.78, 5) is 35.7. The standard InChI is InChI=1S/C13H16N4O5/c1-2-13(18)15-7-5-14(6-8-15)11-4-3-10(16(19)20)9-12(11)17(21)22/h3-4,9H,2,5-8H2,1H3. The largest absolute Gasteiger partial charge is 0.362 e. The maximum Gasteiger partial charge on any atom is 0.299 e. The van der Waals surface area contributed by atoms with E-state index in [1.807, 2.05) is 0 Å². The summed E-state index contributed by atoms with van der Waals surface area (Å²) >= 11 is 0. The molecule has 0 radical (unpaired) electrons. The van der Waals surface area contributed by atoms with Crippen molar-refractivity contribution >= 4 is 23.0 Å². The van der Waals surface area contributed by atoms with E-state index in [0.717, 1.165) is 6.07 Å². The lowest BCUT2D eigenvalue weighted by Gasteiger charge is -2.35. The maximum absolute atomic E-state index is 11.6. The minimum absolute atomic E-state index is 0.0536. The van der Waals surface area contributed by atoms with Crippen LogP contribution in [-0.2, 0) is 4.79 Å². The molecule has 22 heavy (non-hydrogen) atoms. The number of nitrogens with zero attached hydrogens (tertiary/aromatic N) is 4. The lowest BCUT2D eigenvalue weighted by atomic mass is 10.2. The smallest absolute Gasteiger partial charge is 0.299 e. The first-order chi connectivity index (χ1) is 10.4. The van der Waals surface area contributed by atoms with E-state index in [-0.39, 0.29) is 17.3 Å². The van der Waals surface area contributed by atoms with E-state index in [4.69, 9.17) is 0 Å². The zero-order valence-corrected chi connectivity index (χ0v) is 12.1. The highest BCUT2D eigenvalue weighted by Crippen LogP contribution is 2.32. The first-order valence-electron chi connectivity index (χ1n) is 6.89. The van der Waals surface area contributed by atoms with Crippen LogP contribution in [0.1, 0.15) is 13.3 Å². The Morgan fingerprint density at radius 3 is 2.27 bits per heavy atom. The Hall–Kier alpha value is -2.71. The molecule has 0 aliphatic carbocycles. The van der Waals surface area contributed by atoms with Gasteiger partial charge in [0.15, 0.2) is 0 Å². The summed E-state index contributed by atoms with van der Waals surface area (Å²) in [5.41, 5.74) is -0.251. The number of hydrogen-bond acceptors (Lipinski definition) is 6. The topological polar surface area (TPSA) is 110 Å². The molecule has 1 aromatic rings. The molecule has 1 saturated heterocycles. The molecule has 0 saturated carbocycles. The number of nitro groups is 2. The van der Waals surface area contributed by atoms with Crippen molar-refractivity contribution in [1.82, 2.24) is 4.90 Å². The molecule has 9 heteroatoms. The number of nitro benzene ring substituents is 2. The summed E-state index contributed by atoms with van der Waals surface area (Å²) in [7, 11) is 0. The first-order valence-corrected chi connectivity index (χ1v) is 6.89. The van der Waals surface area contributed by atoms with Crippen LogP contribution >= 0.6 is 0 Å². The van der Waals surface area contributed by atoms with Gasteiger partial charge < -0.3 is 9.80 Å². The van der Waals surface area contributed by atoms with Crippen molar-refractivity contribution < 1.29 is 14.6 Å². The SMILES string of the molecule is CCC(=O)N1CCN(c2ccc([N+](=O)[O-])cc2[N+](=O)[O-])CC1. The van der Waals surface area contributed by atoms with Gasteiger partial charge in [-0.05, 0) is 6.07 Å². The molecule has 0 aromatic heterocycles. The number of benzene rings is 1. The Balaban J connectivity index is 2.21. The van der Waals surface area contributed by atoms with E-state index >= 15 is 0 Å². The van der Waals surface area contributed by atoms with Crippen LogP contribution in [0.15, 0.2) is 18.2 Å². The fraction of sp³-hybridized carbons (Fsp3) is 0.462. The van der Waals surface area contributed by atoms with Crippen molar-refractivity contribution in [2.75, 3.05) is 31.1 Å². The maximum atomic E-state index is 11.6. The van der Waals surface area contributed by atoms with Crippen molar-refractivity contribution in [2.45, 2.75) is 13.3 Å². The second-order valence-corrected chi connectivity index (χ2v) is 4.91. The number of carbonyl (C=O) groups excluding carboxylic acids is 1. The molecule has 1 aliphatic rings. The summed E-state index contributed by atoms with van der Waals surface area (Å²) in [6.07, 6.45) is 0.428. The van der Waals surface area contributed by atoms with E-state index in [0.29, 0.717) is 38.3 Å². The Bertz CT molecular complexity index is 610. The molecule has 0 unspecified atom stereocenters. The summed E-state index contributed by atoms with van der Waals surface area (Å²) in [6, 6.07) is 3.62. The number of carbonyl (C=O) groups is 1. The van der Waals surface area contributed by atoms with Gasteiger partial charge in [0.1, 0.15) is 5.69 Å². The molecule has 1 aliphatic heterocycles. The van der Waals surface area contributed by atoms with Crippen molar-refractivity contribution in [3.05, 3.63) is 38.4 Å². The van der Waals surface area contributed by atoms with Crippen molar-refractivity contribution in [1.29, 1.82) is 0 Å². The first kappa shape index (κ1) is 15.7. The number of non-ortho nitro benzene ring substituents is 1. The predicted octanol–water partition coefficient (Wildman–Crippen LogP) is 1.56. The number of piperazine rings is 1. The molecule has 0 N–H and O–H groups in total. The lowest BCUT2D eigenvalue weighted by molar-refractivity contribution is -0.393. The molecule has 1 fully saturated rings. The van der Waals surface area contributed by atoms with Gasteiger partial charge in [-0.15, -0.1) is 0 Å². The van der Waals surface area contributed by atoms with Gasteiger partial charge in [0.25, 0.3) is 11.4 Å². The lowest BCUT2D eigenvalue weighted by Crippen LogP contribution is -2.48. The van der Waals surface area contributed by atoms with Crippen LogP contribution in [0.5, 0.6) is 0 Å².